The van der Waals surface area contributed by atoms with Crippen molar-refractivity contribution in [3.05, 3.63) is 24.0 Å². The molecule has 1 aromatic heterocycles. The lowest BCUT2D eigenvalue weighted by molar-refractivity contribution is 0.149. The van der Waals surface area contributed by atoms with Gasteiger partial charge in [0.1, 0.15) is 11.6 Å². The monoisotopic (exact) mass is 220 g/mol. The highest BCUT2D eigenvalue weighted by Crippen LogP contribution is 2.18. The van der Waals surface area contributed by atoms with E-state index in [2.05, 4.69) is 9.97 Å². The fourth-order valence-electron chi connectivity index (χ4n) is 1.60. The van der Waals surface area contributed by atoms with Crippen LogP contribution in [-0.2, 0) is 11.2 Å². The van der Waals surface area contributed by atoms with E-state index in [1.54, 1.807) is 7.11 Å². The van der Waals surface area contributed by atoms with Crippen molar-refractivity contribution in [1.29, 1.82) is 0 Å². The molecule has 1 aromatic carbocycles. The normalized spacial score (nSPS) is 10.9. The lowest BCUT2D eigenvalue weighted by Crippen LogP contribution is -1.99. The summed E-state index contributed by atoms with van der Waals surface area (Å²) in [5, 5.41) is 0. The zero-order chi connectivity index (χ0) is 11.4. The van der Waals surface area contributed by atoms with E-state index in [0.29, 0.717) is 6.61 Å². The first-order valence-corrected chi connectivity index (χ1v) is 5.44. The summed E-state index contributed by atoms with van der Waals surface area (Å²) in [6.45, 7) is 3.44. The number of hydrogen-bond acceptors (Lipinski definition) is 3. The first-order valence-electron chi connectivity index (χ1n) is 5.44. The van der Waals surface area contributed by atoms with Crippen molar-refractivity contribution >= 4 is 11.0 Å². The van der Waals surface area contributed by atoms with Crippen molar-refractivity contribution in [2.45, 2.75) is 13.3 Å². The van der Waals surface area contributed by atoms with Crippen LogP contribution in [0.4, 0.5) is 0 Å². The Morgan fingerprint density at radius 3 is 3.00 bits per heavy atom. The topological polar surface area (TPSA) is 47.1 Å². The summed E-state index contributed by atoms with van der Waals surface area (Å²) in [7, 11) is 1.66. The number of methoxy groups -OCH3 is 1. The second-order valence-electron chi connectivity index (χ2n) is 3.51. The molecule has 0 aliphatic rings. The third-order valence-corrected chi connectivity index (χ3v) is 2.43. The fraction of sp³-hybridized carbons (Fsp3) is 0.417. The molecule has 0 amide bonds. The Hall–Kier alpha value is -1.55. The van der Waals surface area contributed by atoms with E-state index in [1.165, 1.54) is 0 Å². The van der Waals surface area contributed by atoms with E-state index in [0.717, 1.165) is 35.6 Å². The highest BCUT2D eigenvalue weighted by Gasteiger charge is 2.03. The number of imidazole rings is 1. The van der Waals surface area contributed by atoms with Crippen molar-refractivity contribution < 1.29 is 9.47 Å². The van der Waals surface area contributed by atoms with Gasteiger partial charge in [0.25, 0.3) is 0 Å². The van der Waals surface area contributed by atoms with E-state index < -0.39 is 0 Å². The molecule has 4 heteroatoms. The first kappa shape index (κ1) is 11.0. The standard InChI is InChI=1S/C12H16N2O2/c1-3-16-7-6-12-13-10-5-4-9(15-2)8-11(10)14-12/h4-5,8H,3,6-7H2,1-2H3,(H,13,14). The molecule has 0 spiro atoms. The lowest BCUT2D eigenvalue weighted by atomic mass is 10.3. The molecule has 2 aromatic rings. The third kappa shape index (κ3) is 2.33. The van der Waals surface area contributed by atoms with Crippen molar-refractivity contribution in [3.8, 4) is 5.75 Å². The van der Waals surface area contributed by atoms with Crippen LogP contribution in [-0.4, -0.2) is 30.3 Å². The highest BCUT2D eigenvalue weighted by atomic mass is 16.5. The van der Waals surface area contributed by atoms with Crippen molar-refractivity contribution in [1.82, 2.24) is 9.97 Å². The maximum Gasteiger partial charge on any atom is 0.121 e. The van der Waals surface area contributed by atoms with Crippen molar-refractivity contribution in [3.63, 3.8) is 0 Å². The minimum absolute atomic E-state index is 0.702. The molecule has 4 nitrogen and oxygen atoms in total. The van der Waals surface area contributed by atoms with Crippen LogP contribution in [0.15, 0.2) is 18.2 Å². The van der Waals surface area contributed by atoms with Gasteiger partial charge in [0.15, 0.2) is 0 Å². The minimum Gasteiger partial charge on any atom is -0.497 e. The fourth-order valence-corrected chi connectivity index (χ4v) is 1.60. The molecule has 16 heavy (non-hydrogen) atoms. The lowest BCUT2D eigenvalue weighted by Gasteiger charge is -1.97. The zero-order valence-corrected chi connectivity index (χ0v) is 9.62. The van der Waals surface area contributed by atoms with Gasteiger partial charge in [0, 0.05) is 19.1 Å². The molecule has 0 unspecified atom stereocenters. The van der Waals surface area contributed by atoms with E-state index in [-0.39, 0.29) is 0 Å². The summed E-state index contributed by atoms with van der Waals surface area (Å²) in [6, 6.07) is 5.82. The van der Waals surface area contributed by atoms with E-state index in [4.69, 9.17) is 9.47 Å². The van der Waals surface area contributed by atoms with Gasteiger partial charge in [-0.05, 0) is 19.1 Å². The number of H-pyrrole nitrogens is 1. The number of rotatable bonds is 5. The van der Waals surface area contributed by atoms with Gasteiger partial charge in [-0.25, -0.2) is 4.98 Å². The number of ether oxygens (including phenoxy) is 2. The molecule has 2 rings (SSSR count). The number of nitrogens with one attached hydrogen (secondary N) is 1. The van der Waals surface area contributed by atoms with Gasteiger partial charge in [0.2, 0.25) is 0 Å². The Morgan fingerprint density at radius 2 is 2.25 bits per heavy atom. The molecular formula is C12H16N2O2. The van der Waals surface area contributed by atoms with Crippen LogP contribution in [0.1, 0.15) is 12.7 Å². The number of aromatic nitrogens is 2. The Bertz CT molecular complexity index is 465. The van der Waals surface area contributed by atoms with Crippen LogP contribution in [0.3, 0.4) is 0 Å². The predicted molar refractivity (Wildman–Crippen MR) is 62.8 cm³/mol. The number of fused-ring (bicyclic) bond motifs is 1. The Balaban J connectivity index is 2.16. The predicted octanol–water partition coefficient (Wildman–Crippen LogP) is 2.15. The van der Waals surface area contributed by atoms with E-state index in [9.17, 15) is 0 Å². The van der Waals surface area contributed by atoms with Crippen LogP contribution in [0.2, 0.25) is 0 Å². The molecule has 0 aliphatic heterocycles. The molecule has 1 heterocycles. The highest BCUT2D eigenvalue weighted by molar-refractivity contribution is 5.76. The molecular weight excluding hydrogens is 204 g/mol. The van der Waals surface area contributed by atoms with Gasteiger partial charge < -0.3 is 14.5 Å². The smallest absolute Gasteiger partial charge is 0.121 e. The zero-order valence-electron chi connectivity index (χ0n) is 9.62. The van der Waals surface area contributed by atoms with E-state index >= 15 is 0 Å². The molecule has 86 valence electrons. The number of nitrogens with zero attached hydrogens (tertiary/aromatic N) is 1. The second kappa shape index (κ2) is 4.99. The third-order valence-electron chi connectivity index (χ3n) is 2.43. The van der Waals surface area contributed by atoms with Gasteiger partial charge in [-0.15, -0.1) is 0 Å². The van der Waals surface area contributed by atoms with Gasteiger partial charge in [0.05, 0.1) is 24.8 Å². The summed E-state index contributed by atoms with van der Waals surface area (Å²) in [6.07, 6.45) is 0.810. The molecule has 0 radical (unpaired) electrons. The number of hydrogen-bond donors (Lipinski definition) is 1. The Labute approximate surface area is 94.6 Å². The number of benzene rings is 1. The molecule has 0 saturated carbocycles. The summed E-state index contributed by atoms with van der Waals surface area (Å²) < 4.78 is 10.5. The van der Waals surface area contributed by atoms with Crippen LogP contribution in [0.25, 0.3) is 11.0 Å². The maximum atomic E-state index is 5.29. The van der Waals surface area contributed by atoms with Crippen LogP contribution >= 0.6 is 0 Å². The number of aromatic amines is 1. The average molecular weight is 220 g/mol. The van der Waals surface area contributed by atoms with Gasteiger partial charge in [-0.3, -0.25) is 0 Å². The van der Waals surface area contributed by atoms with Crippen molar-refractivity contribution in [2.75, 3.05) is 20.3 Å². The van der Waals surface area contributed by atoms with Gasteiger partial charge in [-0.1, -0.05) is 0 Å². The minimum atomic E-state index is 0.702. The second-order valence-corrected chi connectivity index (χ2v) is 3.51. The summed E-state index contributed by atoms with van der Waals surface area (Å²) in [5.41, 5.74) is 1.97. The molecule has 0 aliphatic carbocycles. The quantitative estimate of drug-likeness (QED) is 0.785. The van der Waals surface area contributed by atoms with Crippen LogP contribution in [0, 0.1) is 0 Å². The van der Waals surface area contributed by atoms with Crippen LogP contribution < -0.4 is 4.74 Å². The average Bonchev–Trinajstić information content (AvgIpc) is 2.70. The first-order chi connectivity index (χ1) is 7.83. The summed E-state index contributed by atoms with van der Waals surface area (Å²) >= 11 is 0. The molecule has 0 saturated heterocycles. The summed E-state index contributed by atoms with van der Waals surface area (Å²) in [4.78, 5) is 7.73. The van der Waals surface area contributed by atoms with Gasteiger partial charge in [-0.2, -0.15) is 0 Å². The summed E-state index contributed by atoms with van der Waals surface area (Å²) in [5.74, 6) is 1.80. The maximum absolute atomic E-state index is 5.29. The Morgan fingerprint density at radius 1 is 1.38 bits per heavy atom. The van der Waals surface area contributed by atoms with Crippen LogP contribution in [0.5, 0.6) is 5.75 Å². The molecule has 0 fully saturated rings. The Kier molecular flexibility index (Phi) is 3.41. The molecule has 0 bridgehead atoms. The molecule has 0 atom stereocenters. The van der Waals surface area contributed by atoms with Gasteiger partial charge >= 0.3 is 0 Å². The molecule has 1 N–H and O–H groups in total. The van der Waals surface area contributed by atoms with E-state index in [1.807, 2.05) is 25.1 Å². The van der Waals surface area contributed by atoms with Crippen molar-refractivity contribution in [2.24, 2.45) is 0 Å². The largest absolute Gasteiger partial charge is 0.497 e. The SMILES string of the molecule is CCOCCc1nc2ccc(OC)cc2[nH]1.